The van der Waals surface area contributed by atoms with Crippen molar-refractivity contribution in [2.75, 3.05) is 62.2 Å². The van der Waals surface area contributed by atoms with Crippen LogP contribution in [0.4, 0.5) is 11.8 Å². The minimum absolute atomic E-state index is 0.00878. The summed E-state index contributed by atoms with van der Waals surface area (Å²) in [6.07, 6.45) is 6.03. The van der Waals surface area contributed by atoms with Gasteiger partial charge in [0.05, 0.1) is 0 Å². The molecule has 0 spiro atoms. The highest BCUT2D eigenvalue weighted by atomic mass is 16.2. The van der Waals surface area contributed by atoms with Gasteiger partial charge in [0.2, 0.25) is 12.4 Å². The number of nitrogens with zero attached hydrogens (tertiary/aromatic N) is 7. The van der Waals surface area contributed by atoms with Gasteiger partial charge in [-0.15, -0.1) is 0 Å². The Bertz CT molecular complexity index is 816. The van der Waals surface area contributed by atoms with Crippen molar-refractivity contribution in [3.8, 4) is 0 Å². The minimum Gasteiger partial charge on any atom is -0.353 e. The lowest BCUT2D eigenvalue weighted by atomic mass is 10.2. The van der Waals surface area contributed by atoms with Crippen LogP contribution < -0.4 is 9.80 Å². The highest BCUT2D eigenvalue weighted by Crippen LogP contribution is 2.18. The largest absolute Gasteiger partial charge is 0.353 e. The average Bonchev–Trinajstić information content (AvgIpc) is 2.79. The summed E-state index contributed by atoms with van der Waals surface area (Å²) in [5.41, 5.74) is 0.637. The zero-order chi connectivity index (χ0) is 19.3. The molecule has 9 heteroatoms. The highest BCUT2D eigenvalue weighted by Gasteiger charge is 2.24. The fraction of sp³-hybridized carbons (Fsp3) is 0.421. The van der Waals surface area contributed by atoms with Gasteiger partial charge in [-0.3, -0.25) is 9.59 Å². The summed E-state index contributed by atoms with van der Waals surface area (Å²) in [7, 11) is 0. The third-order valence-electron chi connectivity index (χ3n) is 5.18. The lowest BCUT2D eigenvalue weighted by Crippen LogP contribution is -2.48. The van der Waals surface area contributed by atoms with E-state index in [0.29, 0.717) is 31.7 Å². The third-order valence-corrected chi connectivity index (χ3v) is 5.18. The SMILES string of the molecule is O=CN1CCN(C(=O)c2ccnc(N3CCN(c4ncccn4)CC3)c2)CC1. The summed E-state index contributed by atoms with van der Waals surface area (Å²) in [5, 5.41) is 0. The van der Waals surface area contributed by atoms with E-state index in [4.69, 9.17) is 0 Å². The van der Waals surface area contributed by atoms with E-state index in [2.05, 4.69) is 24.8 Å². The van der Waals surface area contributed by atoms with Gasteiger partial charge in [0, 0.05) is 76.5 Å². The van der Waals surface area contributed by atoms with Crippen LogP contribution in [0.3, 0.4) is 0 Å². The Balaban J connectivity index is 1.39. The molecule has 2 aromatic rings. The van der Waals surface area contributed by atoms with Gasteiger partial charge in [-0.25, -0.2) is 15.0 Å². The van der Waals surface area contributed by atoms with Crippen molar-refractivity contribution < 1.29 is 9.59 Å². The Morgan fingerprint density at radius 3 is 2.21 bits per heavy atom. The summed E-state index contributed by atoms with van der Waals surface area (Å²) in [6, 6.07) is 5.43. The van der Waals surface area contributed by atoms with Gasteiger partial charge in [-0.2, -0.15) is 0 Å². The molecule has 2 aromatic heterocycles. The second-order valence-electron chi connectivity index (χ2n) is 6.86. The Labute approximate surface area is 163 Å². The van der Waals surface area contributed by atoms with Crippen molar-refractivity contribution >= 4 is 24.1 Å². The molecule has 0 radical (unpaired) electrons. The van der Waals surface area contributed by atoms with Crippen molar-refractivity contribution in [1.82, 2.24) is 24.8 Å². The summed E-state index contributed by atoms with van der Waals surface area (Å²) < 4.78 is 0. The molecule has 0 unspecified atom stereocenters. The Morgan fingerprint density at radius 2 is 1.54 bits per heavy atom. The Hall–Kier alpha value is -3.23. The quantitative estimate of drug-likeness (QED) is 0.695. The van der Waals surface area contributed by atoms with E-state index in [-0.39, 0.29) is 5.91 Å². The second-order valence-corrected chi connectivity index (χ2v) is 6.86. The molecule has 0 atom stereocenters. The number of carbonyl (C=O) groups is 2. The van der Waals surface area contributed by atoms with E-state index < -0.39 is 0 Å². The summed E-state index contributed by atoms with van der Waals surface area (Å²) in [4.78, 5) is 44.5. The molecule has 0 saturated carbocycles. The normalized spacial score (nSPS) is 17.6. The summed E-state index contributed by atoms with van der Waals surface area (Å²) >= 11 is 0. The fourth-order valence-corrected chi connectivity index (χ4v) is 3.53. The number of carbonyl (C=O) groups excluding carboxylic acids is 2. The van der Waals surface area contributed by atoms with E-state index in [1.54, 1.807) is 34.5 Å². The zero-order valence-corrected chi connectivity index (χ0v) is 15.6. The van der Waals surface area contributed by atoms with Gasteiger partial charge < -0.3 is 19.6 Å². The molecule has 2 fully saturated rings. The molecule has 9 nitrogen and oxygen atoms in total. The van der Waals surface area contributed by atoms with Crippen LogP contribution in [-0.2, 0) is 4.79 Å². The zero-order valence-electron chi connectivity index (χ0n) is 15.6. The number of pyridine rings is 1. The molecule has 146 valence electrons. The van der Waals surface area contributed by atoms with Crippen molar-refractivity contribution in [2.24, 2.45) is 0 Å². The first kappa shape index (κ1) is 18.1. The van der Waals surface area contributed by atoms with Crippen LogP contribution in [0, 0.1) is 0 Å². The number of anilines is 2. The van der Waals surface area contributed by atoms with Gasteiger partial charge in [0.25, 0.3) is 5.91 Å². The van der Waals surface area contributed by atoms with Gasteiger partial charge in [0.1, 0.15) is 5.82 Å². The van der Waals surface area contributed by atoms with E-state index in [1.807, 2.05) is 12.1 Å². The number of hydrogen-bond donors (Lipinski definition) is 0. The van der Waals surface area contributed by atoms with Crippen LogP contribution in [0.15, 0.2) is 36.8 Å². The molecule has 0 aliphatic carbocycles. The lowest BCUT2D eigenvalue weighted by molar-refractivity contribution is -0.119. The molecular weight excluding hydrogens is 358 g/mol. The van der Waals surface area contributed by atoms with Crippen molar-refractivity contribution in [3.05, 3.63) is 42.4 Å². The maximum absolute atomic E-state index is 12.8. The van der Waals surface area contributed by atoms with E-state index in [9.17, 15) is 9.59 Å². The number of amides is 2. The number of piperazine rings is 2. The Kier molecular flexibility index (Phi) is 5.31. The molecule has 4 heterocycles. The van der Waals surface area contributed by atoms with Gasteiger partial charge in [-0.05, 0) is 18.2 Å². The van der Waals surface area contributed by atoms with Crippen molar-refractivity contribution in [2.45, 2.75) is 0 Å². The lowest BCUT2D eigenvalue weighted by Gasteiger charge is -2.35. The molecule has 0 aromatic carbocycles. The first-order valence-electron chi connectivity index (χ1n) is 9.46. The number of aromatic nitrogens is 3. The first-order chi connectivity index (χ1) is 13.7. The molecular formula is C19H23N7O2. The molecule has 0 N–H and O–H groups in total. The predicted molar refractivity (Wildman–Crippen MR) is 104 cm³/mol. The fourth-order valence-electron chi connectivity index (χ4n) is 3.53. The standard InChI is InChI=1S/C19H23N7O2/c27-15-23-6-8-25(9-7-23)18(28)16-2-5-20-17(14-16)24-10-12-26(13-11-24)19-21-3-1-4-22-19/h1-5,14-15H,6-13H2. The summed E-state index contributed by atoms with van der Waals surface area (Å²) in [5.74, 6) is 1.55. The van der Waals surface area contributed by atoms with Crippen LogP contribution in [-0.4, -0.2) is 89.4 Å². The highest BCUT2D eigenvalue weighted by molar-refractivity contribution is 5.95. The monoisotopic (exact) mass is 381 g/mol. The molecule has 2 aliphatic rings. The molecule has 0 bridgehead atoms. The van der Waals surface area contributed by atoms with Gasteiger partial charge in [0.15, 0.2) is 0 Å². The molecule has 28 heavy (non-hydrogen) atoms. The second kappa shape index (κ2) is 8.20. The summed E-state index contributed by atoms with van der Waals surface area (Å²) in [6.45, 7) is 5.47. The van der Waals surface area contributed by atoms with Crippen LogP contribution in [0.1, 0.15) is 10.4 Å². The average molecular weight is 381 g/mol. The maximum Gasteiger partial charge on any atom is 0.254 e. The molecule has 2 aliphatic heterocycles. The first-order valence-corrected chi connectivity index (χ1v) is 9.46. The van der Waals surface area contributed by atoms with Crippen LogP contribution in [0.5, 0.6) is 0 Å². The topological polar surface area (TPSA) is 85.8 Å². The van der Waals surface area contributed by atoms with Crippen LogP contribution >= 0.6 is 0 Å². The van der Waals surface area contributed by atoms with Gasteiger partial charge in [-0.1, -0.05) is 0 Å². The van der Waals surface area contributed by atoms with Crippen LogP contribution in [0.2, 0.25) is 0 Å². The number of hydrogen-bond acceptors (Lipinski definition) is 7. The molecule has 2 amide bonds. The van der Waals surface area contributed by atoms with Crippen molar-refractivity contribution in [1.29, 1.82) is 0 Å². The van der Waals surface area contributed by atoms with Crippen molar-refractivity contribution in [3.63, 3.8) is 0 Å². The van der Waals surface area contributed by atoms with E-state index >= 15 is 0 Å². The number of rotatable bonds is 4. The van der Waals surface area contributed by atoms with Gasteiger partial charge >= 0.3 is 0 Å². The third kappa shape index (κ3) is 3.88. The molecule has 2 saturated heterocycles. The predicted octanol–water partition coefficient (Wildman–Crippen LogP) is 0.112. The Morgan fingerprint density at radius 1 is 0.857 bits per heavy atom. The van der Waals surface area contributed by atoms with E-state index in [0.717, 1.165) is 44.4 Å². The van der Waals surface area contributed by atoms with E-state index in [1.165, 1.54) is 0 Å². The smallest absolute Gasteiger partial charge is 0.254 e. The molecule has 4 rings (SSSR count). The minimum atomic E-state index is -0.00878. The van der Waals surface area contributed by atoms with Crippen LogP contribution in [0.25, 0.3) is 0 Å². The maximum atomic E-state index is 12.8.